The second-order valence-electron chi connectivity index (χ2n) is 5.64. The predicted molar refractivity (Wildman–Crippen MR) is 80.1 cm³/mol. The molecule has 2 heterocycles. The molecule has 3 rings (SSSR count). The highest BCUT2D eigenvalue weighted by molar-refractivity contribution is 5.97. The monoisotopic (exact) mass is 286 g/mol. The van der Waals surface area contributed by atoms with Crippen LogP contribution in [0.3, 0.4) is 0 Å². The molecule has 0 spiro atoms. The van der Waals surface area contributed by atoms with E-state index < -0.39 is 0 Å². The molecule has 0 saturated carbocycles. The van der Waals surface area contributed by atoms with Gasteiger partial charge in [-0.2, -0.15) is 0 Å². The maximum absolute atomic E-state index is 12.4. The van der Waals surface area contributed by atoms with E-state index in [1.165, 1.54) is 6.07 Å². The molecule has 5 nitrogen and oxygen atoms in total. The molecule has 0 unspecified atom stereocenters. The van der Waals surface area contributed by atoms with Crippen LogP contribution >= 0.6 is 0 Å². The van der Waals surface area contributed by atoms with Crippen LogP contribution in [-0.4, -0.2) is 23.9 Å². The molecular formula is C16H18N2O3. The van der Waals surface area contributed by atoms with Gasteiger partial charge >= 0.3 is 0 Å². The number of likely N-dealkylation sites (tertiary alicyclic amines) is 1. The lowest BCUT2D eigenvalue weighted by Crippen LogP contribution is -2.28. The predicted octanol–water partition coefficient (Wildman–Crippen LogP) is 1.73. The van der Waals surface area contributed by atoms with Crippen LogP contribution in [0.25, 0.3) is 11.0 Å². The normalized spacial score (nSPS) is 18.4. The van der Waals surface area contributed by atoms with Crippen molar-refractivity contribution in [1.82, 2.24) is 4.90 Å². The van der Waals surface area contributed by atoms with Gasteiger partial charge in [0.25, 0.3) is 5.91 Å². The number of amides is 1. The van der Waals surface area contributed by atoms with Crippen molar-refractivity contribution >= 4 is 16.9 Å². The van der Waals surface area contributed by atoms with Crippen molar-refractivity contribution < 1.29 is 9.21 Å². The molecule has 1 aromatic heterocycles. The van der Waals surface area contributed by atoms with E-state index in [0.29, 0.717) is 28.2 Å². The lowest BCUT2D eigenvalue weighted by molar-refractivity contribution is 0.0788. The summed E-state index contributed by atoms with van der Waals surface area (Å²) in [7, 11) is 0. The molecule has 1 aliphatic heterocycles. The van der Waals surface area contributed by atoms with Gasteiger partial charge in [-0.1, -0.05) is 6.92 Å². The van der Waals surface area contributed by atoms with Crippen molar-refractivity contribution in [1.29, 1.82) is 0 Å². The lowest BCUT2D eigenvalue weighted by Gasteiger charge is -2.16. The van der Waals surface area contributed by atoms with Crippen LogP contribution < -0.4 is 11.2 Å². The van der Waals surface area contributed by atoms with Crippen LogP contribution in [0.1, 0.15) is 29.5 Å². The molecule has 1 amide bonds. The van der Waals surface area contributed by atoms with E-state index in [1.54, 1.807) is 18.2 Å². The Labute approximate surface area is 122 Å². The number of carbonyl (C=O) groups excluding carboxylic acids is 1. The third-order valence-corrected chi connectivity index (χ3v) is 3.94. The van der Waals surface area contributed by atoms with Crippen molar-refractivity contribution in [3.05, 3.63) is 45.8 Å². The summed E-state index contributed by atoms with van der Waals surface area (Å²) in [6, 6.07) is 6.38. The highest BCUT2D eigenvalue weighted by atomic mass is 16.3. The van der Waals surface area contributed by atoms with Crippen LogP contribution in [0.4, 0.5) is 0 Å². The Balaban J connectivity index is 1.99. The van der Waals surface area contributed by atoms with Crippen molar-refractivity contribution in [2.45, 2.75) is 19.9 Å². The van der Waals surface area contributed by atoms with Crippen molar-refractivity contribution in [3.63, 3.8) is 0 Å². The molecule has 1 fully saturated rings. The third kappa shape index (κ3) is 2.56. The number of nitrogens with two attached hydrogens (primary N) is 1. The van der Waals surface area contributed by atoms with E-state index in [2.05, 4.69) is 6.92 Å². The van der Waals surface area contributed by atoms with E-state index in [9.17, 15) is 9.59 Å². The molecule has 2 aromatic rings. The van der Waals surface area contributed by atoms with Gasteiger partial charge in [0, 0.05) is 24.7 Å². The number of carbonyl (C=O) groups is 1. The number of hydrogen-bond donors (Lipinski definition) is 1. The summed E-state index contributed by atoms with van der Waals surface area (Å²) in [6.45, 7) is 3.87. The summed E-state index contributed by atoms with van der Waals surface area (Å²) in [6.07, 6.45) is 1.03. The van der Waals surface area contributed by atoms with Crippen molar-refractivity contribution in [3.8, 4) is 0 Å². The van der Waals surface area contributed by atoms with E-state index >= 15 is 0 Å². The fraction of sp³-hybridized carbons (Fsp3) is 0.375. The molecule has 1 saturated heterocycles. The topological polar surface area (TPSA) is 76.5 Å². The van der Waals surface area contributed by atoms with Gasteiger partial charge in [-0.15, -0.1) is 0 Å². The zero-order valence-electron chi connectivity index (χ0n) is 12.0. The zero-order valence-corrected chi connectivity index (χ0v) is 12.0. The van der Waals surface area contributed by atoms with E-state index in [4.69, 9.17) is 10.2 Å². The van der Waals surface area contributed by atoms with Crippen LogP contribution in [0.2, 0.25) is 0 Å². The van der Waals surface area contributed by atoms with Crippen LogP contribution in [-0.2, 0) is 6.54 Å². The Morgan fingerprint density at radius 3 is 2.90 bits per heavy atom. The fourth-order valence-electron chi connectivity index (χ4n) is 2.74. The summed E-state index contributed by atoms with van der Waals surface area (Å²) >= 11 is 0. The molecule has 5 heteroatoms. The minimum Gasteiger partial charge on any atom is -0.459 e. The number of hydrogen-bond acceptors (Lipinski definition) is 4. The molecular weight excluding hydrogens is 268 g/mol. The first kappa shape index (κ1) is 13.8. The maximum Gasteiger partial charge on any atom is 0.253 e. The summed E-state index contributed by atoms with van der Waals surface area (Å²) in [5.74, 6) is 0.954. The van der Waals surface area contributed by atoms with Gasteiger partial charge in [0.2, 0.25) is 0 Å². The Hall–Kier alpha value is -2.14. The average Bonchev–Trinajstić information content (AvgIpc) is 2.92. The Bertz CT molecular complexity index is 751. The Morgan fingerprint density at radius 1 is 1.43 bits per heavy atom. The Morgan fingerprint density at radius 2 is 2.24 bits per heavy atom. The van der Waals surface area contributed by atoms with Gasteiger partial charge in [-0.25, -0.2) is 0 Å². The SMILES string of the molecule is C[C@H]1CCN(C(=O)c2ccc3oc(CN)cc(=O)c3c2)C1. The van der Waals surface area contributed by atoms with E-state index in [0.717, 1.165) is 19.5 Å². The molecule has 0 bridgehead atoms. The molecule has 1 aromatic carbocycles. The third-order valence-electron chi connectivity index (χ3n) is 3.94. The first-order valence-electron chi connectivity index (χ1n) is 7.14. The second kappa shape index (κ2) is 5.33. The van der Waals surface area contributed by atoms with Gasteiger partial charge in [-0.05, 0) is 30.5 Å². The molecule has 21 heavy (non-hydrogen) atoms. The largest absolute Gasteiger partial charge is 0.459 e. The lowest BCUT2D eigenvalue weighted by atomic mass is 10.1. The van der Waals surface area contributed by atoms with Gasteiger partial charge in [-0.3, -0.25) is 9.59 Å². The zero-order chi connectivity index (χ0) is 15.0. The van der Waals surface area contributed by atoms with Gasteiger partial charge in [0.05, 0.1) is 11.9 Å². The molecule has 0 aliphatic carbocycles. The molecule has 0 radical (unpaired) electrons. The maximum atomic E-state index is 12.4. The number of fused-ring (bicyclic) bond motifs is 1. The smallest absolute Gasteiger partial charge is 0.253 e. The quantitative estimate of drug-likeness (QED) is 0.912. The molecule has 2 N–H and O–H groups in total. The van der Waals surface area contributed by atoms with Gasteiger partial charge < -0.3 is 15.1 Å². The average molecular weight is 286 g/mol. The number of benzene rings is 1. The highest BCUT2D eigenvalue weighted by Crippen LogP contribution is 2.20. The summed E-state index contributed by atoms with van der Waals surface area (Å²) in [5.41, 5.74) is 6.32. The van der Waals surface area contributed by atoms with Crippen LogP contribution in [0.15, 0.2) is 33.5 Å². The number of rotatable bonds is 2. The van der Waals surface area contributed by atoms with Crippen molar-refractivity contribution in [2.75, 3.05) is 13.1 Å². The standard InChI is InChI=1S/C16H18N2O3/c1-10-4-5-18(9-10)16(20)11-2-3-15-13(6-11)14(19)7-12(8-17)21-15/h2-3,6-7,10H,4-5,8-9,17H2,1H3/t10-/m0/s1. The Kier molecular flexibility index (Phi) is 3.51. The summed E-state index contributed by atoms with van der Waals surface area (Å²) in [5, 5.41) is 0.422. The molecule has 1 atom stereocenters. The van der Waals surface area contributed by atoms with Crippen LogP contribution in [0.5, 0.6) is 0 Å². The van der Waals surface area contributed by atoms with Crippen LogP contribution in [0, 0.1) is 5.92 Å². The summed E-state index contributed by atoms with van der Waals surface area (Å²) in [4.78, 5) is 26.3. The minimum absolute atomic E-state index is 0.0245. The van der Waals surface area contributed by atoms with E-state index in [-0.39, 0.29) is 17.9 Å². The van der Waals surface area contributed by atoms with Gasteiger partial charge in [0.1, 0.15) is 11.3 Å². The highest BCUT2D eigenvalue weighted by Gasteiger charge is 2.24. The van der Waals surface area contributed by atoms with Gasteiger partial charge in [0.15, 0.2) is 5.43 Å². The second-order valence-corrected chi connectivity index (χ2v) is 5.64. The van der Waals surface area contributed by atoms with E-state index in [1.807, 2.05) is 4.90 Å². The first-order chi connectivity index (χ1) is 10.1. The number of nitrogens with zero attached hydrogens (tertiary/aromatic N) is 1. The fourth-order valence-corrected chi connectivity index (χ4v) is 2.74. The molecule has 1 aliphatic rings. The minimum atomic E-state index is -0.166. The molecule has 110 valence electrons. The van der Waals surface area contributed by atoms with Crippen molar-refractivity contribution in [2.24, 2.45) is 11.7 Å². The summed E-state index contributed by atoms with van der Waals surface area (Å²) < 4.78 is 5.52. The first-order valence-corrected chi connectivity index (χ1v) is 7.14.